The number of nitrogens with two attached hydrogens (primary N) is 1. The van der Waals surface area contributed by atoms with Gasteiger partial charge in [-0.1, -0.05) is 6.07 Å². The Morgan fingerprint density at radius 2 is 1.82 bits per heavy atom. The number of carbonyl (C=O) groups excluding carboxylic acids is 1. The van der Waals surface area contributed by atoms with Crippen molar-refractivity contribution in [3.63, 3.8) is 0 Å². The van der Waals surface area contributed by atoms with E-state index in [-0.39, 0.29) is 17.2 Å². The summed E-state index contributed by atoms with van der Waals surface area (Å²) in [6, 6.07) is 16.4. The summed E-state index contributed by atoms with van der Waals surface area (Å²) in [5.41, 5.74) is 2.44. The van der Waals surface area contributed by atoms with Gasteiger partial charge >= 0.3 is 0 Å². The number of hydrogen-bond acceptors (Lipinski definition) is 6. The van der Waals surface area contributed by atoms with Crippen LogP contribution in [-0.4, -0.2) is 21.4 Å². The van der Waals surface area contributed by atoms with E-state index in [1.807, 2.05) is 6.92 Å². The number of nitrogens with one attached hydrogen (secondary N) is 1. The summed E-state index contributed by atoms with van der Waals surface area (Å²) in [5.74, 6) is 1.20. The molecule has 0 aliphatic carbocycles. The van der Waals surface area contributed by atoms with Gasteiger partial charge in [0.2, 0.25) is 15.9 Å². The van der Waals surface area contributed by atoms with Crippen LogP contribution in [0, 0.1) is 18.3 Å². The van der Waals surface area contributed by atoms with E-state index in [2.05, 4.69) is 27.3 Å². The van der Waals surface area contributed by atoms with Crippen LogP contribution in [-0.2, 0) is 21.2 Å². The van der Waals surface area contributed by atoms with Crippen LogP contribution < -0.4 is 19.9 Å². The minimum Gasteiger partial charge on any atom is -0.493 e. The highest BCUT2D eigenvalue weighted by atomic mass is 79.9. The van der Waals surface area contributed by atoms with Crippen LogP contribution in [0.15, 0.2) is 64.0 Å². The molecule has 0 spiro atoms. The van der Waals surface area contributed by atoms with E-state index in [0.29, 0.717) is 38.5 Å². The van der Waals surface area contributed by atoms with Crippen LogP contribution >= 0.6 is 15.9 Å². The molecular formula is C23H20BrN3O5S. The summed E-state index contributed by atoms with van der Waals surface area (Å²) in [6.45, 7) is 1.84. The Labute approximate surface area is 200 Å². The molecule has 0 radical (unpaired) electrons. The predicted octanol–water partition coefficient (Wildman–Crippen LogP) is 4.26. The molecule has 3 aromatic rings. The number of benzene rings is 3. The van der Waals surface area contributed by atoms with Gasteiger partial charge in [0.1, 0.15) is 5.75 Å². The largest absolute Gasteiger partial charge is 0.493 e. The molecule has 0 saturated heterocycles. The number of hydrogen-bond donors (Lipinski definition) is 2. The Morgan fingerprint density at radius 1 is 1.09 bits per heavy atom. The molecule has 0 aromatic heterocycles. The number of anilines is 1. The maximum atomic E-state index is 12.5. The van der Waals surface area contributed by atoms with Crippen LogP contribution in [0.2, 0.25) is 0 Å². The second kappa shape index (κ2) is 10.0. The second-order valence-electron chi connectivity index (χ2n) is 7.09. The van der Waals surface area contributed by atoms with Gasteiger partial charge in [-0.3, -0.25) is 4.79 Å². The molecule has 0 saturated carbocycles. The van der Waals surface area contributed by atoms with Gasteiger partial charge in [0, 0.05) is 4.47 Å². The Hall–Kier alpha value is -3.39. The lowest BCUT2D eigenvalue weighted by molar-refractivity contribution is -0.115. The first-order valence-electron chi connectivity index (χ1n) is 9.58. The van der Waals surface area contributed by atoms with E-state index < -0.39 is 10.0 Å². The van der Waals surface area contributed by atoms with Gasteiger partial charge in [0.05, 0.1) is 35.7 Å². The number of aryl methyl sites for hydroxylation is 1. The van der Waals surface area contributed by atoms with Crippen LogP contribution in [0.1, 0.15) is 16.7 Å². The lowest BCUT2D eigenvalue weighted by Crippen LogP contribution is -2.16. The second-order valence-corrected chi connectivity index (χ2v) is 9.51. The van der Waals surface area contributed by atoms with E-state index in [1.54, 1.807) is 36.4 Å². The van der Waals surface area contributed by atoms with Crippen molar-refractivity contribution in [2.24, 2.45) is 5.14 Å². The quantitative estimate of drug-likeness (QED) is 0.469. The summed E-state index contributed by atoms with van der Waals surface area (Å²) >= 11 is 3.24. The number of nitrogens with zero attached hydrogens (tertiary/aromatic N) is 1. The van der Waals surface area contributed by atoms with E-state index in [1.165, 1.54) is 25.3 Å². The number of sulfonamides is 1. The molecule has 3 rings (SSSR count). The van der Waals surface area contributed by atoms with Gasteiger partial charge in [-0.25, -0.2) is 13.6 Å². The summed E-state index contributed by atoms with van der Waals surface area (Å²) in [4.78, 5) is 12.5. The third-order valence-corrected chi connectivity index (χ3v) is 6.23. The fourth-order valence-corrected chi connectivity index (χ4v) is 4.18. The fraction of sp³-hybridized carbons (Fsp3) is 0.130. The van der Waals surface area contributed by atoms with Gasteiger partial charge < -0.3 is 14.8 Å². The van der Waals surface area contributed by atoms with E-state index in [4.69, 9.17) is 19.9 Å². The van der Waals surface area contributed by atoms with E-state index in [9.17, 15) is 13.2 Å². The molecule has 10 heteroatoms. The minimum absolute atomic E-state index is 0.0515. The van der Waals surface area contributed by atoms with Crippen molar-refractivity contribution in [2.45, 2.75) is 18.2 Å². The summed E-state index contributed by atoms with van der Waals surface area (Å²) in [6.07, 6.45) is 0.0515. The number of halogens is 1. The number of nitriles is 1. The third-order valence-electron chi connectivity index (χ3n) is 4.66. The lowest BCUT2D eigenvalue weighted by atomic mass is 10.1. The maximum Gasteiger partial charge on any atom is 0.238 e. The van der Waals surface area contributed by atoms with Crippen molar-refractivity contribution < 1.29 is 22.7 Å². The standard InChI is InChI=1S/C23H20BrN3O5S/c1-14-9-16(13-25)4-7-20(14)32-21-8-3-15(10-22(21)31-2)11-23(28)27-19-6-5-17(12-18(19)24)33(26,29)30/h3-10,12H,11H2,1-2H3,(H,27,28)(H2,26,29,30). The number of methoxy groups -OCH3 is 1. The minimum atomic E-state index is -3.84. The zero-order valence-electron chi connectivity index (χ0n) is 17.8. The topological polar surface area (TPSA) is 132 Å². The molecule has 0 atom stereocenters. The number of primary sulfonamides is 1. The van der Waals surface area contributed by atoms with Crippen LogP contribution in [0.5, 0.6) is 17.2 Å². The van der Waals surface area contributed by atoms with Crippen LogP contribution in [0.25, 0.3) is 0 Å². The SMILES string of the molecule is COc1cc(CC(=O)Nc2ccc(S(N)(=O)=O)cc2Br)ccc1Oc1ccc(C#N)cc1C. The number of ether oxygens (including phenoxy) is 2. The molecule has 1 amide bonds. The van der Waals surface area contributed by atoms with E-state index in [0.717, 1.165) is 5.56 Å². The monoisotopic (exact) mass is 529 g/mol. The predicted molar refractivity (Wildman–Crippen MR) is 127 cm³/mol. The highest BCUT2D eigenvalue weighted by Crippen LogP contribution is 2.34. The Bertz CT molecular complexity index is 1370. The van der Waals surface area contributed by atoms with Gasteiger partial charge in [0.25, 0.3) is 0 Å². The van der Waals surface area contributed by atoms with Gasteiger partial charge in [-0.05, 0) is 82.5 Å². The maximum absolute atomic E-state index is 12.5. The van der Waals surface area contributed by atoms with Crippen LogP contribution in [0.3, 0.4) is 0 Å². The smallest absolute Gasteiger partial charge is 0.238 e. The van der Waals surface area contributed by atoms with Crippen molar-refractivity contribution >= 4 is 37.5 Å². The highest BCUT2D eigenvalue weighted by Gasteiger charge is 2.14. The number of amides is 1. The molecule has 3 N–H and O–H groups in total. The normalized spacial score (nSPS) is 10.9. The zero-order chi connectivity index (χ0) is 24.2. The molecule has 3 aromatic carbocycles. The molecular weight excluding hydrogens is 510 g/mol. The molecule has 0 bridgehead atoms. The van der Waals surface area contributed by atoms with Crippen LogP contribution in [0.4, 0.5) is 5.69 Å². The molecule has 0 aliphatic rings. The van der Waals surface area contributed by atoms with Gasteiger partial charge in [0.15, 0.2) is 11.5 Å². The third kappa shape index (κ3) is 6.10. The summed E-state index contributed by atoms with van der Waals surface area (Å²) < 4.78 is 34.6. The molecule has 8 nitrogen and oxygen atoms in total. The first kappa shape index (κ1) is 24.3. The molecule has 0 aliphatic heterocycles. The van der Waals surface area contributed by atoms with Crippen molar-refractivity contribution in [3.8, 4) is 23.3 Å². The molecule has 170 valence electrons. The summed E-state index contributed by atoms with van der Waals surface area (Å²) in [7, 11) is -2.34. The average molecular weight is 530 g/mol. The lowest BCUT2D eigenvalue weighted by Gasteiger charge is -2.14. The fourth-order valence-electron chi connectivity index (χ4n) is 3.01. The molecule has 0 fully saturated rings. The van der Waals surface area contributed by atoms with Crippen molar-refractivity contribution in [3.05, 3.63) is 75.8 Å². The van der Waals surface area contributed by atoms with Crippen molar-refractivity contribution in [2.75, 3.05) is 12.4 Å². The van der Waals surface area contributed by atoms with Gasteiger partial charge in [-0.2, -0.15) is 5.26 Å². The molecule has 0 heterocycles. The van der Waals surface area contributed by atoms with E-state index >= 15 is 0 Å². The summed E-state index contributed by atoms with van der Waals surface area (Å²) in [5, 5.41) is 16.8. The number of carbonyl (C=O) groups is 1. The molecule has 33 heavy (non-hydrogen) atoms. The van der Waals surface area contributed by atoms with Crippen molar-refractivity contribution in [1.82, 2.24) is 0 Å². The first-order chi connectivity index (χ1) is 15.6. The highest BCUT2D eigenvalue weighted by molar-refractivity contribution is 9.10. The first-order valence-corrected chi connectivity index (χ1v) is 11.9. The molecule has 0 unspecified atom stereocenters. The Balaban J connectivity index is 1.73. The average Bonchev–Trinajstić information content (AvgIpc) is 2.76. The van der Waals surface area contributed by atoms with Crippen molar-refractivity contribution in [1.29, 1.82) is 5.26 Å². The Kier molecular flexibility index (Phi) is 7.38. The Morgan fingerprint density at radius 3 is 2.42 bits per heavy atom. The number of rotatable bonds is 7. The zero-order valence-corrected chi connectivity index (χ0v) is 20.2. The van der Waals surface area contributed by atoms with Gasteiger partial charge in [-0.15, -0.1) is 0 Å².